The molecule has 1 saturated carbocycles. The molecule has 1 fully saturated rings. The molecule has 2 rings (SSSR count). The SMILES string of the molecule is NC1CCC(NC(=O)c2cc(F)c(F)cc2Br)CC1. The maximum absolute atomic E-state index is 13.2. The summed E-state index contributed by atoms with van der Waals surface area (Å²) in [5, 5.41) is 2.83. The van der Waals surface area contributed by atoms with Crippen molar-refractivity contribution in [3.05, 3.63) is 33.8 Å². The number of rotatable bonds is 2. The minimum Gasteiger partial charge on any atom is -0.349 e. The number of carbonyl (C=O) groups is 1. The summed E-state index contributed by atoms with van der Waals surface area (Å²) in [5.41, 5.74) is 5.89. The molecule has 0 aliphatic heterocycles. The number of carbonyl (C=O) groups excluding carboxylic acids is 1. The molecular formula is C13H15BrF2N2O. The summed E-state index contributed by atoms with van der Waals surface area (Å²) in [7, 11) is 0. The van der Waals surface area contributed by atoms with Crippen molar-refractivity contribution in [2.24, 2.45) is 5.73 Å². The van der Waals surface area contributed by atoms with Crippen LogP contribution in [-0.4, -0.2) is 18.0 Å². The molecule has 0 radical (unpaired) electrons. The zero-order valence-electron chi connectivity index (χ0n) is 10.3. The van der Waals surface area contributed by atoms with Crippen LogP contribution in [0.15, 0.2) is 16.6 Å². The van der Waals surface area contributed by atoms with Crippen molar-refractivity contribution in [2.75, 3.05) is 0 Å². The molecule has 0 saturated heterocycles. The molecule has 0 spiro atoms. The molecule has 3 nitrogen and oxygen atoms in total. The molecule has 0 heterocycles. The largest absolute Gasteiger partial charge is 0.349 e. The van der Waals surface area contributed by atoms with Crippen LogP contribution in [0.25, 0.3) is 0 Å². The average Bonchev–Trinajstić information content (AvgIpc) is 2.36. The maximum Gasteiger partial charge on any atom is 0.252 e. The standard InChI is InChI=1S/C13H15BrF2N2O/c14-10-6-12(16)11(15)5-9(10)13(19)18-8-3-1-7(17)2-4-8/h5-8H,1-4,17H2,(H,18,19). The van der Waals surface area contributed by atoms with Crippen molar-refractivity contribution >= 4 is 21.8 Å². The second kappa shape index (κ2) is 5.96. The topological polar surface area (TPSA) is 55.1 Å². The molecule has 0 aromatic heterocycles. The van der Waals surface area contributed by atoms with Gasteiger partial charge in [-0.05, 0) is 53.7 Å². The summed E-state index contributed by atoms with van der Waals surface area (Å²) in [6.07, 6.45) is 3.36. The smallest absolute Gasteiger partial charge is 0.252 e. The van der Waals surface area contributed by atoms with Crippen LogP contribution in [-0.2, 0) is 0 Å². The van der Waals surface area contributed by atoms with Crippen LogP contribution >= 0.6 is 15.9 Å². The first-order chi connectivity index (χ1) is 8.97. The molecule has 1 aromatic carbocycles. The molecule has 19 heavy (non-hydrogen) atoms. The second-order valence-corrected chi connectivity index (χ2v) is 5.69. The first-order valence-electron chi connectivity index (χ1n) is 6.18. The lowest BCUT2D eigenvalue weighted by Gasteiger charge is -2.26. The Kier molecular flexibility index (Phi) is 4.52. The molecule has 0 bridgehead atoms. The van der Waals surface area contributed by atoms with Gasteiger partial charge in [-0.25, -0.2) is 8.78 Å². The fourth-order valence-corrected chi connectivity index (χ4v) is 2.72. The molecule has 1 aromatic rings. The Bertz CT molecular complexity index is 488. The van der Waals surface area contributed by atoms with Gasteiger partial charge >= 0.3 is 0 Å². The normalized spacial score (nSPS) is 23.2. The van der Waals surface area contributed by atoms with Crippen molar-refractivity contribution in [3.63, 3.8) is 0 Å². The van der Waals surface area contributed by atoms with E-state index in [9.17, 15) is 13.6 Å². The molecule has 1 aliphatic carbocycles. The third-order valence-corrected chi connectivity index (χ3v) is 4.02. The molecule has 0 atom stereocenters. The van der Waals surface area contributed by atoms with E-state index in [1.807, 2.05) is 0 Å². The van der Waals surface area contributed by atoms with Crippen LogP contribution in [0.2, 0.25) is 0 Å². The lowest BCUT2D eigenvalue weighted by Crippen LogP contribution is -2.40. The van der Waals surface area contributed by atoms with Crippen molar-refractivity contribution < 1.29 is 13.6 Å². The van der Waals surface area contributed by atoms with Gasteiger partial charge in [0.1, 0.15) is 0 Å². The quantitative estimate of drug-likeness (QED) is 0.818. The van der Waals surface area contributed by atoms with Crippen molar-refractivity contribution in [3.8, 4) is 0 Å². The molecule has 0 unspecified atom stereocenters. The Hall–Kier alpha value is -1.01. The van der Waals surface area contributed by atoms with Gasteiger partial charge in [-0.3, -0.25) is 4.79 Å². The van der Waals surface area contributed by atoms with E-state index < -0.39 is 17.5 Å². The highest BCUT2D eigenvalue weighted by atomic mass is 79.9. The first-order valence-corrected chi connectivity index (χ1v) is 6.97. The Morgan fingerprint density at radius 2 is 1.79 bits per heavy atom. The molecule has 104 valence electrons. The van der Waals surface area contributed by atoms with E-state index in [0.717, 1.165) is 37.8 Å². The van der Waals surface area contributed by atoms with E-state index >= 15 is 0 Å². The van der Waals surface area contributed by atoms with Crippen LogP contribution in [0, 0.1) is 11.6 Å². The van der Waals surface area contributed by atoms with E-state index in [-0.39, 0.29) is 22.1 Å². The summed E-state index contributed by atoms with van der Waals surface area (Å²) in [6.45, 7) is 0. The Labute approximate surface area is 118 Å². The van der Waals surface area contributed by atoms with Gasteiger partial charge in [-0.1, -0.05) is 0 Å². The number of nitrogens with one attached hydrogen (secondary N) is 1. The van der Waals surface area contributed by atoms with Crippen molar-refractivity contribution in [1.82, 2.24) is 5.32 Å². The van der Waals surface area contributed by atoms with Crippen molar-refractivity contribution in [1.29, 1.82) is 0 Å². The summed E-state index contributed by atoms with van der Waals surface area (Å²) in [6, 6.07) is 2.11. The lowest BCUT2D eigenvalue weighted by atomic mass is 9.91. The minimum absolute atomic E-state index is 0.0484. The monoisotopic (exact) mass is 332 g/mol. The number of halogens is 3. The first kappa shape index (κ1) is 14.4. The van der Waals surface area contributed by atoms with Gasteiger partial charge in [0.2, 0.25) is 0 Å². The van der Waals surface area contributed by atoms with Gasteiger partial charge in [-0.2, -0.15) is 0 Å². The van der Waals surface area contributed by atoms with Crippen LogP contribution < -0.4 is 11.1 Å². The third-order valence-electron chi connectivity index (χ3n) is 3.36. The molecule has 6 heteroatoms. The minimum atomic E-state index is -1.03. The van der Waals surface area contributed by atoms with Gasteiger partial charge in [0.15, 0.2) is 11.6 Å². The fourth-order valence-electron chi connectivity index (χ4n) is 2.22. The van der Waals surface area contributed by atoms with Crippen LogP contribution in [0.1, 0.15) is 36.0 Å². The van der Waals surface area contributed by atoms with Crippen LogP contribution in [0.3, 0.4) is 0 Å². The van der Waals surface area contributed by atoms with Crippen LogP contribution in [0.5, 0.6) is 0 Å². The predicted molar refractivity (Wildman–Crippen MR) is 71.8 cm³/mol. The molecule has 1 aliphatic rings. The molecule has 3 N–H and O–H groups in total. The third kappa shape index (κ3) is 3.51. The van der Waals surface area contributed by atoms with E-state index in [0.29, 0.717) is 0 Å². The summed E-state index contributed by atoms with van der Waals surface area (Å²) >= 11 is 3.07. The highest BCUT2D eigenvalue weighted by molar-refractivity contribution is 9.10. The average molecular weight is 333 g/mol. The van der Waals surface area contributed by atoms with Gasteiger partial charge in [-0.15, -0.1) is 0 Å². The Morgan fingerprint density at radius 3 is 2.42 bits per heavy atom. The maximum atomic E-state index is 13.2. The van der Waals surface area contributed by atoms with Crippen LogP contribution in [0.4, 0.5) is 8.78 Å². The second-order valence-electron chi connectivity index (χ2n) is 4.83. The van der Waals surface area contributed by atoms with Crippen molar-refractivity contribution in [2.45, 2.75) is 37.8 Å². The highest BCUT2D eigenvalue weighted by Gasteiger charge is 2.22. The zero-order chi connectivity index (χ0) is 14.0. The van der Waals surface area contributed by atoms with E-state index in [2.05, 4.69) is 21.2 Å². The summed E-state index contributed by atoms with van der Waals surface area (Å²) in [5.74, 6) is -2.41. The number of nitrogens with two attached hydrogens (primary N) is 1. The highest BCUT2D eigenvalue weighted by Crippen LogP contribution is 2.22. The van der Waals surface area contributed by atoms with Gasteiger partial charge in [0.05, 0.1) is 5.56 Å². The number of hydrogen-bond acceptors (Lipinski definition) is 2. The molecular weight excluding hydrogens is 318 g/mol. The summed E-state index contributed by atoms with van der Waals surface area (Å²) in [4.78, 5) is 12.0. The van der Waals surface area contributed by atoms with E-state index in [1.165, 1.54) is 0 Å². The van der Waals surface area contributed by atoms with Gasteiger partial charge < -0.3 is 11.1 Å². The summed E-state index contributed by atoms with van der Waals surface area (Å²) < 4.78 is 26.4. The van der Waals surface area contributed by atoms with E-state index in [1.54, 1.807) is 0 Å². The lowest BCUT2D eigenvalue weighted by molar-refractivity contribution is 0.0924. The molecule has 1 amide bonds. The number of hydrogen-bond donors (Lipinski definition) is 2. The van der Waals surface area contributed by atoms with Gasteiger partial charge in [0.25, 0.3) is 5.91 Å². The van der Waals surface area contributed by atoms with E-state index in [4.69, 9.17) is 5.73 Å². The predicted octanol–water partition coefficient (Wildman–Crippen LogP) is 2.73. The Balaban J connectivity index is 2.06. The van der Waals surface area contributed by atoms with Gasteiger partial charge in [0, 0.05) is 16.6 Å². The number of amides is 1. The Morgan fingerprint density at radius 1 is 1.21 bits per heavy atom. The fraction of sp³-hybridized carbons (Fsp3) is 0.462. The zero-order valence-corrected chi connectivity index (χ0v) is 11.8. The number of benzene rings is 1.